The van der Waals surface area contributed by atoms with Gasteiger partial charge >= 0.3 is 0 Å². The highest BCUT2D eigenvalue weighted by Gasteiger charge is 2.11. The van der Waals surface area contributed by atoms with Crippen LogP contribution in [0.2, 0.25) is 0 Å². The lowest BCUT2D eigenvalue weighted by molar-refractivity contribution is -0.385. The molecular formula is C9H9FN2O4. The lowest BCUT2D eigenvalue weighted by Crippen LogP contribution is -2.17. The summed E-state index contributed by atoms with van der Waals surface area (Å²) in [7, 11) is 1.33. The number of hydrogen-bond donors (Lipinski definition) is 1. The average Bonchev–Trinajstić information content (AvgIpc) is 2.16. The molecule has 0 heterocycles. The van der Waals surface area contributed by atoms with Crippen molar-refractivity contribution in [2.75, 3.05) is 19.0 Å². The van der Waals surface area contributed by atoms with Gasteiger partial charge in [-0.05, 0) is 6.07 Å². The molecule has 7 heteroatoms. The first-order chi connectivity index (χ1) is 7.52. The van der Waals surface area contributed by atoms with Crippen LogP contribution in [0.4, 0.5) is 15.8 Å². The molecular weight excluding hydrogens is 219 g/mol. The number of halogens is 1. The van der Waals surface area contributed by atoms with Gasteiger partial charge in [0.05, 0.1) is 16.7 Å². The minimum absolute atomic E-state index is 0.0220. The third-order valence-electron chi connectivity index (χ3n) is 1.65. The fourth-order valence-electron chi connectivity index (χ4n) is 1.08. The first-order valence-electron chi connectivity index (χ1n) is 4.26. The molecule has 0 saturated carbocycles. The Kier molecular flexibility index (Phi) is 3.90. The van der Waals surface area contributed by atoms with Gasteiger partial charge in [0.15, 0.2) is 0 Å². The van der Waals surface area contributed by atoms with Crippen LogP contribution in [0.1, 0.15) is 0 Å². The van der Waals surface area contributed by atoms with Gasteiger partial charge in [-0.25, -0.2) is 4.39 Å². The lowest BCUT2D eigenvalue weighted by atomic mass is 10.2. The maximum absolute atomic E-state index is 12.9. The number of carbonyl (C=O) groups excluding carboxylic acids is 1. The van der Waals surface area contributed by atoms with Gasteiger partial charge in [-0.1, -0.05) is 0 Å². The van der Waals surface area contributed by atoms with E-state index in [0.29, 0.717) is 0 Å². The highest BCUT2D eigenvalue weighted by atomic mass is 19.1. The van der Waals surface area contributed by atoms with Gasteiger partial charge in [0.1, 0.15) is 12.4 Å². The van der Waals surface area contributed by atoms with Gasteiger partial charge < -0.3 is 10.1 Å². The number of non-ortho nitro benzene ring substituents is 1. The second-order valence-electron chi connectivity index (χ2n) is 2.94. The summed E-state index contributed by atoms with van der Waals surface area (Å²) in [5.74, 6) is -1.30. The summed E-state index contributed by atoms with van der Waals surface area (Å²) in [5.41, 5.74) is -0.401. The smallest absolute Gasteiger partial charge is 0.274 e. The molecule has 0 aliphatic carbocycles. The quantitative estimate of drug-likeness (QED) is 0.622. The molecule has 1 aromatic rings. The minimum Gasteiger partial charge on any atom is -0.375 e. The van der Waals surface area contributed by atoms with Crippen LogP contribution >= 0.6 is 0 Å². The number of rotatable bonds is 4. The molecule has 0 aromatic heterocycles. The van der Waals surface area contributed by atoms with Crippen molar-refractivity contribution in [3.63, 3.8) is 0 Å². The Hall–Kier alpha value is -2.02. The van der Waals surface area contributed by atoms with E-state index in [0.717, 1.165) is 18.2 Å². The van der Waals surface area contributed by atoms with Crippen LogP contribution in [0.15, 0.2) is 18.2 Å². The monoisotopic (exact) mass is 228 g/mol. The molecule has 0 atom stereocenters. The number of nitro benzene ring substituents is 1. The van der Waals surface area contributed by atoms with Gasteiger partial charge in [0.2, 0.25) is 5.91 Å². The number of methoxy groups -OCH3 is 1. The van der Waals surface area contributed by atoms with Gasteiger partial charge in [-0.15, -0.1) is 0 Å². The first kappa shape index (κ1) is 12.1. The molecule has 0 bridgehead atoms. The molecule has 1 amide bonds. The van der Waals surface area contributed by atoms with E-state index < -0.39 is 22.3 Å². The number of nitrogens with one attached hydrogen (secondary N) is 1. The zero-order valence-electron chi connectivity index (χ0n) is 8.40. The third-order valence-corrected chi connectivity index (χ3v) is 1.65. The van der Waals surface area contributed by atoms with Crippen molar-refractivity contribution < 1.29 is 18.8 Å². The molecule has 0 fully saturated rings. The molecule has 0 unspecified atom stereocenters. The summed E-state index contributed by atoms with van der Waals surface area (Å²) in [6.45, 7) is -0.204. The SMILES string of the molecule is COCC(=O)Nc1cc(F)cc([N+](=O)[O-])c1. The van der Waals surface area contributed by atoms with Crippen molar-refractivity contribution in [3.8, 4) is 0 Å². The van der Waals surface area contributed by atoms with E-state index in [2.05, 4.69) is 10.1 Å². The second-order valence-corrected chi connectivity index (χ2v) is 2.94. The Labute approximate surface area is 90.2 Å². The third kappa shape index (κ3) is 3.28. The number of nitro groups is 1. The fraction of sp³-hybridized carbons (Fsp3) is 0.222. The van der Waals surface area contributed by atoms with Gasteiger partial charge in [0, 0.05) is 13.2 Å². The summed E-state index contributed by atoms with van der Waals surface area (Å²) in [5, 5.41) is 12.7. The van der Waals surface area contributed by atoms with Crippen LogP contribution in [-0.2, 0) is 9.53 Å². The highest BCUT2D eigenvalue weighted by Crippen LogP contribution is 2.19. The largest absolute Gasteiger partial charge is 0.375 e. The molecule has 0 radical (unpaired) electrons. The molecule has 0 saturated heterocycles. The van der Waals surface area contributed by atoms with Crippen molar-refractivity contribution in [1.82, 2.24) is 0 Å². The summed E-state index contributed by atoms with van der Waals surface area (Å²) in [4.78, 5) is 20.8. The highest BCUT2D eigenvalue weighted by molar-refractivity contribution is 5.91. The first-order valence-corrected chi connectivity index (χ1v) is 4.26. The predicted molar refractivity (Wildman–Crippen MR) is 53.6 cm³/mol. The van der Waals surface area contributed by atoms with Crippen molar-refractivity contribution in [3.05, 3.63) is 34.1 Å². The topological polar surface area (TPSA) is 81.5 Å². The van der Waals surface area contributed by atoms with Crippen LogP contribution in [0.5, 0.6) is 0 Å². The van der Waals surface area contributed by atoms with E-state index in [9.17, 15) is 19.3 Å². The van der Waals surface area contributed by atoms with E-state index in [4.69, 9.17) is 0 Å². The van der Waals surface area contributed by atoms with E-state index >= 15 is 0 Å². The normalized spacial score (nSPS) is 9.88. The Morgan fingerprint density at radius 1 is 1.56 bits per heavy atom. The minimum atomic E-state index is -0.790. The molecule has 0 aliphatic heterocycles. The number of hydrogen-bond acceptors (Lipinski definition) is 4. The van der Waals surface area contributed by atoms with Crippen molar-refractivity contribution in [2.24, 2.45) is 0 Å². The number of ether oxygens (including phenoxy) is 1. The van der Waals surface area contributed by atoms with Crippen molar-refractivity contribution in [1.29, 1.82) is 0 Å². The van der Waals surface area contributed by atoms with E-state index in [1.807, 2.05) is 0 Å². The zero-order chi connectivity index (χ0) is 12.1. The molecule has 1 aromatic carbocycles. The summed E-state index contributed by atoms with van der Waals surface area (Å²) >= 11 is 0. The standard InChI is InChI=1S/C9H9FN2O4/c1-16-5-9(13)11-7-2-6(10)3-8(4-7)12(14)15/h2-4H,5H2,1H3,(H,11,13). The molecule has 86 valence electrons. The van der Waals surface area contributed by atoms with Gasteiger partial charge in [0.25, 0.3) is 5.69 Å². The van der Waals surface area contributed by atoms with E-state index in [-0.39, 0.29) is 12.3 Å². The molecule has 6 nitrogen and oxygen atoms in total. The van der Waals surface area contributed by atoms with Crippen LogP contribution in [0.3, 0.4) is 0 Å². The number of nitrogens with zero attached hydrogens (tertiary/aromatic N) is 1. The predicted octanol–water partition coefficient (Wildman–Crippen LogP) is 1.32. The van der Waals surface area contributed by atoms with Crippen LogP contribution in [-0.4, -0.2) is 24.5 Å². The van der Waals surface area contributed by atoms with E-state index in [1.54, 1.807) is 0 Å². The fourth-order valence-corrected chi connectivity index (χ4v) is 1.08. The molecule has 1 rings (SSSR count). The van der Waals surface area contributed by atoms with Crippen LogP contribution in [0.25, 0.3) is 0 Å². The Morgan fingerprint density at radius 2 is 2.25 bits per heavy atom. The summed E-state index contributed by atoms with van der Waals surface area (Å²) < 4.78 is 17.5. The van der Waals surface area contributed by atoms with Crippen LogP contribution < -0.4 is 5.32 Å². The Balaban J connectivity index is 2.88. The Morgan fingerprint density at radius 3 is 2.81 bits per heavy atom. The van der Waals surface area contributed by atoms with Gasteiger partial charge in [-0.2, -0.15) is 0 Å². The summed E-state index contributed by atoms with van der Waals surface area (Å²) in [6.07, 6.45) is 0. The number of benzene rings is 1. The Bertz CT molecular complexity index is 422. The number of anilines is 1. The maximum Gasteiger partial charge on any atom is 0.274 e. The summed E-state index contributed by atoms with van der Waals surface area (Å²) in [6, 6.07) is 2.82. The lowest BCUT2D eigenvalue weighted by Gasteiger charge is -2.04. The van der Waals surface area contributed by atoms with Crippen molar-refractivity contribution in [2.45, 2.75) is 0 Å². The second kappa shape index (κ2) is 5.17. The van der Waals surface area contributed by atoms with E-state index in [1.165, 1.54) is 7.11 Å². The number of carbonyl (C=O) groups is 1. The molecule has 1 N–H and O–H groups in total. The molecule has 0 spiro atoms. The average molecular weight is 228 g/mol. The van der Waals surface area contributed by atoms with Crippen molar-refractivity contribution >= 4 is 17.3 Å². The number of amides is 1. The molecule has 16 heavy (non-hydrogen) atoms. The van der Waals surface area contributed by atoms with Gasteiger partial charge in [-0.3, -0.25) is 14.9 Å². The molecule has 0 aliphatic rings. The zero-order valence-corrected chi connectivity index (χ0v) is 8.40. The maximum atomic E-state index is 12.9. The van der Waals surface area contributed by atoms with Crippen LogP contribution in [0, 0.1) is 15.9 Å².